The molecule has 1 unspecified atom stereocenters. The number of carbonyl (C=O) groups is 1. The number of halogens is 1. The Morgan fingerprint density at radius 1 is 1.21 bits per heavy atom. The van der Waals surface area contributed by atoms with Crippen LogP contribution in [0.2, 0.25) is 0 Å². The van der Waals surface area contributed by atoms with Crippen molar-refractivity contribution in [1.29, 1.82) is 0 Å². The van der Waals surface area contributed by atoms with Crippen molar-refractivity contribution >= 4 is 35.8 Å². The van der Waals surface area contributed by atoms with E-state index in [2.05, 4.69) is 20.7 Å². The molecule has 1 aliphatic rings. The van der Waals surface area contributed by atoms with Crippen LogP contribution in [0.5, 0.6) is 0 Å². The van der Waals surface area contributed by atoms with Gasteiger partial charge < -0.3 is 20.3 Å². The van der Waals surface area contributed by atoms with Gasteiger partial charge in [-0.05, 0) is 11.6 Å². The van der Waals surface area contributed by atoms with Gasteiger partial charge in [0.1, 0.15) is 0 Å². The van der Waals surface area contributed by atoms with E-state index in [1.54, 1.807) is 13.2 Å². The minimum Gasteiger partial charge on any atom is -0.378 e. The standard InChI is InChI=1S/C20H28N6O2.HI/c1-21-20(22-14-17-8-9-24-25(17)2)23-15-18(16-6-4-3-5-7-16)19(27)26-10-12-28-13-11-26;/h3-9,18H,10-15H2,1-2H3,(H2,21,22,23);1H. The van der Waals surface area contributed by atoms with Crippen molar-refractivity contribution in [3.8, 4) is 0 Å². The van der Waals surface area contributed by atoms with Crippen LogP contribution in [0.4, 0.5) is 0 Å². The first-order valence-electron chi connectivity index (χ1n) is 9.52. The zero-order valence-corrected chi connectivity index (χ0v) is 19.2. The number of benzene rings is 1. The third-order valence-corrected chi connectivity index (χ3v) is 4.88. The Labute approximate surface area is 188 Å². The van der Waals surface area contributed by atoms with Crippen molar-refractivity contribution in [2.24, 2.45) is 12.0 Å². The summed E-state index contributed by atoms with van der Waals surface area (Å²) in [5.41, 5.74) is 2.04. The van der Waals surface area contributed by atoms with E-state index in [9.17, 15) is 4.79 Å². The van der Waals surface area contributed by atoms with Crippen LogP contribution in [-0.2, 0) is 23.1 Å². The third-order valence-electron chi connectivity index (χ3n) is 4.88. The summed E-state index contributed by atoms with van der Waals surface area (Å²) < 4.78 is 7.20. The molecule has 1 atom stereocenters. The van der Waals surface area contributed by atoms with Gasteiger partial charge in [0.2, 0.25) is 5.91 Å². The Morgan fingerprint density at radius 2 is 1.93 bits per heavy atom. The van der Waals surface area contributed by atoms with Crippen LogP contribution < -0.4 is 10.6 Å². The Morgan fingerprint density at radius 3 is 2.55 bits per heavy atom. The number of rotatable bonds is 6. The maximum absolute atomic E-state index is 13.1. The number of aliphatic imine (C=N–C) groups is 1. The number of amides is 1. The molecule has 2 N–H and O–H groups in total. The highest BCUT2D eigenvalue weighted by Gasteiger charge is 2.27. The Bertz CT molecular complexity index is 789. The van der Waals surface area contributed by atoms with E-state index in [4.69, 9.17) is 4.74 Å². The minimum absolute atomic E-state index is 0. The van der Waals surface area contributed by atoms with Gasteiger partial charge in [0.25, 0.3) is 0 Å². The lowest BCUT2D eigenvalue weighted by molar-refractivity contribution is -0.136. The van der Waals surface area contributed by atoms with Gasteiger partial charge in [0.15, 0.2) is 5.96 Å². The fraction of sp³-hybridized carbons (Fsp3) is 0.450. The quantitative estimate of drug-likeness (QED) is 0.347. The van der Waals surface area contributed by atoms with Crippen molar-refractivity contribution < 1.29 is 9.53 Å². The molecule has 158 valence electrons. The second kappa shape index (κ2) is 11.8. The largest absolute Gasteiger partial charge is 0.378 e. The van der Waals surface area contributed by atoms with Gasteiger partial charge in [0.05, 0.1) is 31.4 Å². The van der Waals surface area contributed by atoms with Gasteiger partial charge in [-0.25, -0.2) is 0 Å². The van der Waals surface area contributed by atoms with Gasteiger partial charge in [0, 0.05) is 39.9 Å². The fourth-order valence-electron chi connectivity index (χ4n) is 3.21. The summed E-state index contributed by atoms with van der Waals surface area (Å²) in [6, 6.07) is 11.8. The van der Waals surface area contributed by atoms with Crippen LogP contribution in [0, 0.1) is 0 Å². The molecule has 0 radical (unpaired) electrons. The molecule has 1 aliphatic heterocycles. The van der Waals surface area contributed by atoms with Crippen LogP contribution in [0.3, 0.4) is 0 Å². The lowest BCUT2D eigenvalue weighted by Gasteiger charge is -2.31. The van der Waals surface area contributed by atoms with E-state index in [-0.39, 0.29) is 35.8 Å². The zero-order chi connectivity index (χ0) is 19.8. The molecule has 29 heavy (non-hydrogen) atoms. The smallest absolute Gasteiger partial charge is 0.232 e. The maximum atomic E-state index is 13.1. The second-order valence-electron chi connectivity index (χ2n) is 6.65. The third kappa shape index (κ3) is 6.43. The van der Waals surface area contributed by atoms with E-state index in [1.807, 2.05) is 53.0 Å². The highest BCUT2D eigenvalue weighted by Crippen LogP contribution is 2.18. The fourth-order valence-corrected chi connectivity index (χ4v) is 3.21. The lowest BCUT2D eigenvalue weighted by Crippen LogP contribution is -2.47. The first-order chi connectivity index (χ1) is 13.7. The number of hydrogen-bond donors (Lipinski definition) is 2. The lowest BCUT2D eigenvalue weighted by atomic mass is 9.97. The van der Waals surface area contributed by atoms with E-state index >= 15 is 0 Å². The summed E-state index contributed by atoms with van der Waals surface area (Å²) in [4.78, 5) is 19.3. The highest BCUT2D eigenvalue weighted by molar-refractivity contribution is 14.0. The second-order valence-corrected chi connectivity index (χ2v) is 6.65. The molecule has 1 aromatic carbocycles. The molecule has 1 fully saturated rings. The highest BCUT2D eigenvalue weighted by atomic mass is 127. The molecule has 8 nitrogen and oxygen atoms in total. The number of guanidine groups is 1. The summed E-state index contributed by atoms with van der Waals surface area (Å²) >= 11 is 0. The molecule has 0 bridgehead atoms. The Balaban J connectivity index is 0.00000300. The molecular formula is C20H29IN6O2. The van der Waals surface area contributed by atoms with E-state index in [1.165, 1.54) is 0 Å². The summed E-state index contributed by atoms with van der Waals surface area (Å²) in [5, 5.41) is 10.7. The molecule has 3 rings (SSSR count). The number of aromatic nitrogens is 2. The molecular weight excluding hydrogens is 483 g/mol. The number of ether oxygens (including phenoxy) is 1. The van der Waals surface area contributed by atoms with Gasteiger partial charge in [-0.2, -0.15) is 5.10 Å². The number of morpholine rings is 1. The Kier molecular flexibility index (Phi) is 9.39. The molecule has 9 heteroatoms. The van der Waals surface area contributed by atoms with Crippen molar-refractivity contribution in [1.82, 2.24) is 25.3 Å². The van der Waals surface area contributed by atoms with Gasteiger partial charge in [-0.15, -0.1) is 24.0 Å². The topological polar surface area (TPSA) is 83.8 Å². The molecule has 2 heterocycles. The van der Waals surface area contributed by atoms with Crippen molar-refractivity contribution in [2.45, 2.75) is 12.5 Å². The molecule has 0 spiro atoms. The van der Waals surface area contributed by atoms with Crippen LogP contribution in [0.15, 0.2) is 47.6 Å². The molecule has 1 amide bonds. The SMILES string of the molecule is CN=C(NCc1ccnn1C)NCC(C(=O)N1CCOCC1)c1ccccc1.I. The first-order valence-corrected chi connectivity index (χ1v) is 9.52. The normalized spacial score (nSPS) is 15.4. The summed E-state index contributed by atoms with van der Waals surface area (Å²) in [5.74, 6) is 0.482. The van der Waals surface area contributed by atoms with Crippen LogP contribution in [-0.4, -0.2) is 66.4 Å². The van der Waals surface area contributed by atoms with Gasteiger partial charge in [-0.1, -0.05) is 30.3 Å². The predicted molar refractivity (Wildman–Crippen MR) is 123 cm³/mol. The van der Waals surface area contributed by atoms with E-state index in [0.29, 0.717) is 45.4 Å². The number of nitrogens with zero attached hydrogens (tertiary/aromatic N) is 4. The van der Waals surface area contributed by atoms with Gasteiger partial charge in [-0.3, -0.25) is 14.5 Å². The summed E-state index contributed by atoms with van der Waals surface area (Å²) in [6.45, 7) is 3.52. The number of aryl methyl sites for hydroxylation is 1. The summed E-state index contributed by atoms with van der Waals surface area (Å²) in [6.07, 6.45) is 1.76. The molecule has 1 aromatic heterocycles. The average Bonchev–Trinajstić information content (AvgIpc) is 3.16. The van der Waals surface area contributed by atoms with Crippen molar-refractivity contribution in [2.75, 3.05) is 39.9 Å². The van der Waals surface area contributed by atoms with Crippen LogP contribution in [0.1, 0.15) is 17.2 Å². The average molecular weight is 512 g/mol. The first kappa shape index (κ1) is 23.1. The predicted octanol–water partition coefficient (Wildman–Crippen LogP) is 1.35. The molecule has 1 saturated heterocycles. The monoisotopic (exact) mass is 512 g/mol. The Hall–Kier alpha value is -2.14. The number of carbonyl (C=O) groups excluding carboxylic acids is 1. The van der Waals surface area contributed by atoms with Crippen LogP contribution >= 0.6 is 24.0 Å². The molecule has 0 saturated carbocycles. The molecule has 0 aliphatic carbocycles. The maximum Gasteiger partial charge on any atom is 0.232 e. The van der Waals surface area contributed by atoms with Crippen molar-refractivity contribution in [3.05, 3.63) is 53.9 Å². The number of hydrogen-bond acceptors (Lipinski definition) is 4. The van der Waals surface area contributed by atoms with Crippen molar-refractivity contribution in [3.63, 3.8) is 0 Å². The van der Waals surface area contributed by atoms with E-state index < -0.39 is 0 Å². The zero-order valence-electron chi connectivity index (χ0n) is 16.9. The molecule has 2 aromatic rings. The minimum atomic E-state index is -0.283. The number of nitrogens with one attached hydrogen (secondary N) is 2. The summed E-state index contributed by atoms with van der Waals surface area (Å²) in [7, 11) is 3.62. The van der Waals surface area contributed by atoms with Gasteiger partial charge >= 0.3 is 0 Å². The van der Waals surface area contributed by atoms with Crippen LogP contribution in [0.25, 0.3) is 0 Å². The van der Waals surface area contributed by atoms with E-state index in [0.717, 1.165) is 11.3 Å².